The van der Waals surface area contributed by atoms with Crippen molar-refractivity contribution in [2.24, 2.45) is 0 Å². The van der Waals surface area contributed by atoms with Gasteiger partial charge in [-0.25, -0.2) is 4.79 Å². The molecular weight excluding hydrogens is 304 g/mol. The standard InChI is InChI=1S/C17H13ClO4/c18-13-5-1-11(2-6-13)15(19)10-21-14-7-3-12-4-8-17(20)22-16(12)9-14/h1-9,15,19H,10H2. The molecule has 0 aliphatic rings. The zero-order chi connectivity index (χ0) is 15.5. The van der Waals surface area contributed by atoms with Crippen LogP contribution < -0.4 is 10.4 Å². The Labute approximate surface area is 131 Å². The highest BCUT2D eigenvalue weighted by molar-refractivity contribution is 6.30. The monoisotopic (exact) mass is 316 g/mol. The normalized spacial score (nSPS) is 12.3. The van der Waals surface area contributed by atoms with E-state index < -0.39 is 11.7 Å². The summed E-state index contributed by atoms with van der Waals surface area (Å²) < 4.78 is 10.6. The Balaban J connectivity index is 1.73. The van der Waals surface area contributed by atoms with Crippen LogP contribution >= 0.6 is 11.6 Å². The molecule has 4 nitrogen and oxygen atoms in total. The predicted octanol–water partition coefficient (Wildman–Crippen LogP) is 3.56. The van der Waals surface area contributed by atoms with Crippen molar-refractivity contribution in [3.63, 3.8) is 0 Å². The van der Waals surface area contributed by atoms with E-state index >= 15 is 0 Å². The number of aliphatic hydroxyl groups excluding tert-OH is 1. The molecule has 0 radical (unpaired) electrons. The molecule has 3 aromatic rings. The van der Waals surface area contributed by atoms with Gasteiger partial charge in [-0.1, -0.05) is 23.7 Å². The van der Waals surface area contributed by atoms with Gasteiger partial charge in [0.1, 0.15) is 24.0 Å². The van der Waals surface area contributed by atoms with Gasteiger partial charge in [0, 0.05) is 22.5 Å². The van der Waals surface area contributed by atoms with Gasteiger partial charge in [0.15, 0.2) is 0 Å². The van der Waals surface area contributed by atoms with Crippen molar-refractivity contribution in [3.8, 4) is 5.75 Å². The molecule has 5 heteroatoms. The maximum Gasteiger partial charge on any atom is 0.336 e. The first-order valence-electron chi connectivity index (χ1n) is 6.72. The lowest BCUT2D eigenvalue weighted by Gasteiger charge is -2.13. The summed E-state index contributed by atoms with van der Waals surface area (Å²) in [6.45, 7) is 0.0875. The van der Waals surface area contributed by atoms with Crippen molar-refractivity contribution < 1.29 is 14.3 Å². The Morgan fingerprint density at radius 1 is 1.09 bits per heavy atom. The predicted molar refractivity (Wildman–Crippen MR) is 84.4 cm³/mol. The molecule has 3 rings (SSSR count). The molecule has 0 amide bonds. The number of fused-ring (bicyclic) bond motifs is 1. The molecule has 1 unspecified atom stereocenters. The van der Waals surface area contributed by atoms with E-state index in [9.17, 15) is 9.90 Å². The number of ether oxygens (including phenoxy) is 1. The summed E-state index contributed by atoms with van der Waals surface area (Å²) in [6, 6.07) is 15.2. The average Bonchev–Trinajstić information content (AvgIpc) is 2.53. The zero-order valence-electron chi connectivity index (χ0n) is 11.5. The number of hydrogen-bond donors (Lipinski definition) is 1. The van der Waals surface area contributed by atoms with Crippen molar-refractivity contribution in [1.82, 2.24) is 0 Å². The number of rotatable bonds is 4. The van der Waals surface area contributed by atoms with Crippen LogP contribution in [-0.2, 0) is 0 Å². The van der Waals surface area contributed by atoms with Gasteiger partial charge in [-0.15, -0.1) is 0 Å². The highest BCUT2D eigenvalue weighted by Gasteiger charge is 2.09. The third-order valence-electron chi connectivity index (χ3n) is 3.26. The first kappa shape index (κ1) is 14.6. The fraction of sp³-hybridized carbons (Fsp3) is 0.118. The lowest BCUT2D eigenvalue weighted by atomic mass is 10.1. The van der Waals surface area contributed by atoms with Crippen LogP contribution in [0.25, 0.3) is 11.0 Å². The summed E-state index contributed by atoms with van der Waals surface area (Å²) in [5.41, 5.74) is 0.758. The molecule has 0 fully saturated rings. The second-order valence-corrected chi connectivity index (χ2v) is 5.27. The lowest BCUT2D eigenvalue weighted by Crippen LogP contribution is -2.09. The van der Waals surface area contributed by atoms with Crippen LogP contribution in [0.2, 0.25) is 5.02 Å². The number of aliphatic hydroxyl groups is 1. The maximum atomic E-state index is 11.2. The molecule has 0 bridgehead atoms. The summed E-state index contributed by atoms with van der Waals surface area (Å²) in [6.07, 6.45) is -0.768. The van der Waals surface area contributed by atoms with Crippen LogP contribution in [0.1, 0.15) is 11.7 Å². The Kier molecular flexibility index (Phi) is 4.13. The summed E-state index contributed by atoms with van der Waals surface area (Å²) in [5.74, 6) is 0.523. The van der Waals surface area contributed by atoms with Gasteiger partial charge in [-0.3, -0.25) is 0 Å². The van der Waals surface area contributed by atoms with Crippen molar-refractivity contribution in [1.29, 1.82) is 0 Å². The fourth-order valence-corrected chi connectivity index (χ4v) is 2.21. The number of halogens is 1. The van der Waals surface area contributed by atoms with Gasteiger partial charge in [-0.2, -0.15) is 0 Å². The van der Waals surface area contributed by atoms with Crippen LogP contribution in [0.4, 0.5) is 0 Å². The summed E-state index contributed by atoms with van der Waals surface area (Å²) in [7, 11) is 0. The van der Waals surface area contributed by atoms with E-state index in [0.717, 1.165) is 10.9 Å². The van der Waals surface area contributed by atoms with Gasteiger partial charge in [0.2, 0.25) is 0 Å². The molecule has 1 aromatic heterocycles. The molecule has 112 valence electrons. The Morgan fingerprint density at radius 3 is 2.59 bits per heavy atom. The molecule has 2 aromatic carbocycles. The molecular formula is C17H13ClO4. The SMILES string of the molecule is O=c1ccc2ccc(OCC(O)c3ccc(Cl)cc3)cc2o1. The fourth-order valence-electron chi connectivity index (χ4n) is 2.09. The zero-order valence-corrected chi connectivity index (χ0v) is 12.3. The van der Waals surface area contributed by atoms with E-state index in [0.29, 0.717) is 16.4 Å². The van der Waals surface area contributed by atoms with E-state index in [1.54, 1.807) is 48.5 Å². The number of benzene rings is 2. The minimum atomic E-state index is -0.768. The Hall–Kier alpha value is -2.30. The molecule has 0 aliphatic carbocycles. The average molecular weight is 317 g/mol. The summed E-state index contributed by atoms with van der Waals surface area (Å²) in [4.78, 5) is 11.2. The molecule has 0 aliphatic heterocycles. The van der Waals surface area contributed by atoms with Gasteiger partial charge in [-0.05, 0) is 35.9 Å². The van der Waals surface area contributed by atoms with E-state index in [-0.39, 0.29) is 6.61 Å². The summed E-state index contributed by atoms with van der Waals surface area (Å²) in [5, 5.41) is 11.5. The van der Waals surface area contributed by atoms with E-state index in [1.165, 1.54) is 6.07 Å². The van der Waals surface area contributed by atoms with Gasteiger partial charge < -0.3 is 14.3 Å². The Morgan fingerprint density at radius 2 is 1.82 bits per heavy atom. The largest absolute Gasteiger partial charge is 0.490 e. The van der Waals surface area contributed by atoms with Crippen LogP contribution in [0.3, 0.4) is 0 Å². The second-order valence-electron chi connectivity index (χ2n) is 4.83. The van der Waals surface area contributed by atoms with Crippen LogP contribution in [0.5, 0.6) is 5.75 Å². The lowest BCUT2D eigenvalue weighted by molar-refractivity contribution is 0.108. The second kappa shape index (κ2) is 6.22. The van der Waals surface area contributed by atoms with Crippen molar-refractivity contribution in [2.75, 3.05) is 6.61 Å². The molecule has 1 heterocycles. The van der Waals surface area contributed by atoms with E-state index in [2.05, 4.69) is 0 Å². The quantitative estimate of drug-likeness (QED) is 0.748. The topological polar surface area (TPSA) is 59.7 Å². The third-order valence-corrected chi connectivity index (χ3v) is 3.51. The smallest absolute Gasteiger partial charge is 0.336 e. The molecule has 1 atom stereocenters. The van der Waals surface area contributed by atoms with E-state index in [1.807, 2.05) is 0 Å². The molecule has 0 saturated heterocycles. The molecule has 0 saturated carbocycles. The number of hydrogen-bond acceptors (Lipinski definition) is 4. The minimum absolute atomic E-state index is 0.0875. The first-order valence-corrected chi connectivity index (χ1v) is 7.10. The summed E-state index contributed by atoms with van der Waals surface area (Å²) >= 11 is 5.81. The van der Waals surface area contributed by atoms with Crippen molar-refractivity contribution in [2.45, 2.75) is 6.10 Å². The van der Waals surface area contributed by atoms with Crippen LogP contribution in [0, 0.1) is 0 Å². The van der Waals surface area contributed by atoms with Crippen molar-refractivity contribution in [3.05, 3.63) is 75.6 Å². The van der Waals surface area contributed by atoms with Crippen LogP contribution in [-0.4, -0.2) is 11.7 Å². The van der Waals surface area contributed by atoms with E-state index in [4.69, 9.17) is 20.8 Å². The maximum absolute atomic E-state index is 11.2. The Bertz CT molecular complexity index is 839. The molecule has 0 spiro atoms. The van der Waals surface area contributed by atoms with Crippen molar-refractivity contribution >= 4 is 22.6 Å². The molecule has 22 heavy (non-hydrogen) atoms. The third kappa shape index (κ3) is 3.30. The highest BCUT2D eigenvalue weighted by Crippen LogP contribution is 2.22. The van der Waals surface area contributed by atoms with Gasteiger partial charge in [0.25, 0.3) is 0 Å². The van der Waals surface area contributed by atoms with Gasteiger partial charge in [0.05, 0.1) is 0 Å². The van der Waals surface area contributed by atoms with Crippen LogP contribution in [0.15, 0.2) is 63.8 Å². The van der Waals surface area contributed by atoms with Gasteiger partial charge >= 0.3 is 5.63 Å². The highest BCUT2D eigenvalue weighted by atomic mass is 35.5. The molecule has 1 N–H and O–H groups in total. The first-order chi connectivity index (χ1) is 10.6. The minimum Gasteiger partial charge on any atom is -0.490 e.